The number of aryl methyl sites for hydroxylation is 1. The lowest BCUT2D eigenvalue weighted by atomic mass is 9.87. The normalized spacial score (nSPS) is 21.1. The molecule has 0 bridgehead atoms. The van der Waals surface area contributed by atoms with Gasteiger partial charge in [-0.2, -0.15) is 0 Å². The number of hydrogen-bond donors (Lipinski definition) is 1. The second-order valence-electron chi connectivity index (χ2n) is 9.78. The average Bonchev–Trinajstić information content (AvgIpc) is 2.78. The van der Waals surface area contributed by atoms with Crippen LogP contribution in [0.5, 0.6) is 0 Å². The largest absolute Gasteiger partial charge is 0.386 e. The second kappa shape index (κ2) is 8.83. The number of aliphatic hydroxyl groups is 1. The molecule has 2 aromatic rings. The molecule has 1 spiro atoms. The summed E-state index contributed by atoms with van der Waals surface area (Å²) in [5.74, 6) is 1.05. The summed E-state index contributed by atoms with van der Waals surface area (Å²) in [4.78, 5) is 22.0. The minimum atomic E-state index is -0.920. The molecule has 2 aliphatic rings. The Morgan fingerprint density at radius 2 is 2.00 bits per heavy atom. The molecule has 1 atom stereocenters. The zero-order chi connectivity index (χ0) is 22.9. The van der Waals surface area contributed by atoms with Crippen molar-refractivity contribution in [3.8, 4) is 0 Å². The molecule has 2 saturated heterocycles. The number of carbonyl (C=O) groups excluding carboxylic acids is 1. The molecular weight excluding hydrogens is 402 g/mol. The zero-order valence-electron chi connectivity index (χ0n) is 19.7. The van der Waals surface area contributed by atoms with Gasteiger partial charge in [0.2, 0.25) is 0 Å². The molecule has 2 fully saturated rings. The highest BCUT2D eigenvalue weighted by atomic mass is 16.5. The molecule has 3 heterocycles. The van der Waals surface area contributed by atoms with Crippen LogP contribution < -0.4 is 4.90 Å². The van der Waals surface area contributed by atoms with Crippen LogP contribution in [0.1, 0.15) is 61.5 Å². The maximum Gasteiger partial charge on any atom is 0.253 e. The molecule has 6 heteroatoms. The molecule has 1 unspecified atom stereocenters. The number of carbonyl (C=O) groups is 1. The lowest BCUT2D eigenvalue weighted by molar-refractivity contribution is -0.130. The predicted octanol–water partition coefficient (Wildman–Crippen LogP) is 3.91. The Labute approximate surface area is 191 Å². The first-order valence-electron chi connectivity index (χ1n) is 11.7. The highest BCUT2D eigenvalue weighted by Crippen LogP contribution is 2.35. The Bertz CT molecular complexity index is 947. The molecule has 1 aromatic carbocycles. The molecule has 1 N–H and O–H groups in total. The maximum atomic E-state index is 13.2. The molecule has 0 aliphatic carbocycles. The fraction of sp³-hybridized carbons (Fsp3) is 0.538. The summed E-state index contributed by atoms with van der Waals surface area (Å²) in [6.45, 7) is 10.7. The number of amides is 1. The lowest BCUT2D eigenvalue weighted by Gasteiger charge is -2.50. The number of aromatic nitrogens is 1. The van der Waals surface area contributed by atoms with Gasteiger partial charge in [-0.15, -0.1) is 0 Å². The lowest BCUT2D eigenvalue weighted by Crippen LogP contribution is -2.60. The van der Waals surface area contributed by atoms with Gasteiger partial charge >= 0.3 is 0 Å². The first-order chi connectivity index (χ1) is 15.2. The Hall–Kier alpha value is -2.44. The number of piperidine rings is 1. The number of hydrogen-bond acceptors (Lipinski definition) is 5. The van der Waals surface area contributed by atoms with E-state index in [2.05, 4.69) is 22.9 Å². The van der Waals surface area contributed by atoms with Crippen molar-refractivity contribution in [2.45, 2.75) is 64.3 Å². The number of rotatable bonds is 4. The van der Waals surface area contributed by atoms with Gasteiger partial charge in [-0.05, 0) is 75.4 Å². The molecule has 6 nitrogen and oxygen atoms in total. The van der Waals surface area contributed by atoms with Crippen molar-refractivity contribution in [2.75, 3.05) is 31.1 Å². The third-order valence-electron chi connectivity index (χ3n) is 6.84. The van der Waals surface area contributed by atoms with E-state index in [0.29, 0.717) is 18.7 Å². The van der Waals surface area contributed by atoms with Gasteiger partial charge in [-0.3, -0.25) is 4.79 Å². The SMILES string of the molecule is CCC1CN(c2ccccn2)CC2(CCN(C(=O)c3ccc(C(C)(C)O)c(C)c3)CC2)O1. The number of pyridine rings is 1. The van der Waals surface area contributed by atoms with Gasteiger partial charge in [-0.1, -0.05) is 19.1 Å². The molecule has 4 rings (SSSR count). The Kier molecular flexibility index (Phi) is 6.28. The van der Waals surface area contributed by atoms with Gasteiger partial charge in [-0.25, -0.2) is 4.98 Å². The predicted molar refractivity (Wildman–Crippen MR) is 126 cm³/mol. The van der Waals surface area contributed by atoms with Gasteiger partial charge < -0.3 is 19.6 Å². The smallest absolute Gasteiger partial charge is 0.253 e. The van der Waals surface area contributed by atoms with Gasteiger partial charge in [0.1, 0.15) is 5.82 Å². The van der Waals surface area contributed by atoms with Gasteiger partial charge in [0.15, 0.2) is 0 Å². The van der Waals surface area contributed by atoms with E-state index in [4.69, 9.17) is 4.74 Å². The summed E-state index contributed by atoms with van der Waals surface area (Å²) in [5.41, 5.74) is 1.30. The molecular formula is C26H35N3O3. The van der Waals surface area contributed by atoms with Crippen molar-refractivity contribution >= 4 is 11.7 Å². The zero-order valence-corrected chi connectivity index (χ0v) is 19.7. The summed E-state index contributed by atoms with van der Waals surface area (Å²) >= 11 is 0. The van der Waals surface area contributed by atoms with E-state index in [1.165, 1.54) is 0 Å². The number of ether oxygens (including phenoxy) is 1. The molecule has 32 heavy (non-hydrogen) atoms. The van der Waals surface area contributed by atoms with Crippen molar-refractivity contribution in [3.05, 3.63) is 59.3 Å². The second-order valence-corrected chi connectivity index (χ2v) is 9.78. The number of benzene rings is 1. The molecule has 2 aliphatic heterocycles. The van der Waals surface area contributed by atoms with Crippen LogP contribution in [-0.2, 0) is 10.3 Å². The quantitative estimate of drug-likeness (QED) is 0.786. The van der Waals surface area contributed by atoms with Crippen molar-refractivity contribution < 1.29 is 14.6 Å². The van der Waals surface area contributed by atoms with Crippen molar-refractivity contribution in [1.29, 1.82) is 0 Å². The Morgan fingerprint density at radius 3 is 2.59 bits per heavy atom. The highest BCUT2D eigenvalue weighted by molar-refractivity contribution is 5.94. The van der Waals surface area contributed by atoms with Crippen LogP contribution in [0, 0.1) is 6.92 Å². The van der Waals surface area contributed by atoms with E-state index < -0.39 is 5.60 Å². The highest BCUT2D eigenvalue weighted by Gasteiger charge is 2.43. The molecule has 0 radical (unpaired) electrons. The van der Waals surface area contributed by atoms with E-state index >= 15 is 0 Å². The molecule has 1 amide bonds. The summed E-state index contributed by atoms with van der Waals surface area (Å²) in [6.07, 6.45) is 4.61. The van der Waals surface area contributed by atoms with Crippen molar-refractivity contribution in [2.24, 2.45) is 0 Å². The van der Waals surface area contributed by atoms with Crippen LogP contribution in [-0.4, -0.2) is 58.8 Å². The number of likely N-dealkylation sites (tertiary alicyclic amines) is 1. The van der Waals surface area contributed by atoms with E-state index in [1.807, 2.05) is 48.4 Å². The first-order valence-corrected chi connectivity index (χ1v) is 11.7. The average molecular weight is 438 g/mol. The van der Waals surface area contributed by atoms with Gasteiger partial charge in [0.25, 0.3) is 5.91 Å². The molecule has 1 aromatic heterocycles. The van der Waals surface area contributed by atoms with Crippen LogP contribution in [0.15, 0.2) is 42.6 Å². The summed E-state index contributed by atoms with van der Waals surface area (Å²) in [6, 6.07) is 11.6. The topological polar surface area (TPSA) is 65.9 Å². The van der Waals surface area contributed by atoms with Crippen LogP contribution in [0.3, 0.4) is 0 Å². The molecule has 0 saturated carbocycles. The van der Waals surface area contributed by atoms with Crippen molar-refractivity contribution in [1.82, 2.24) is 9.88 Å². The third-order valence-corrected chi connectivity index (χ3v) is 6.84. The van der Waals surface area contributed by atoms with Crippen LogP contribution >= 0.6 is 0 Å². The standard InChI is InChI=1S/C26H35N3O3/c1-5-21-17-29(23-8-6-7-13-27-23)18-26(32-21)11-14-28(15-12-26)24(30)20-9-10-22(19(2)16-20)25(3,4)31/h6-10,13,16,21,31H,5,11-12,14-15,17-18H2,1-4H3. The van der Waals surface area contributed by atoms with Crippen LogP contribution in [0.2, 0.25) is 0 Å². The van der Waals surface area contributed by atoms with Crippen LogP contribution in [0.25, 0.3) is 0 Å². The Balaban J connectivity index is 1.46. The fourth-order valence-corrected chi connectivity index (χ4v) is 5.07. The summed E-state index contributed by atoms with van der Waals surface area (Å²) in [5, 5.41) is 10.3. The van der Waals surface area contributed by atoms with Crippen LogP contribution in [0.4, 0.5) is 5.82 Å². The fourth-order valence-electron chi connectivity index (χ4n) is 5.07. The number of anilines is 1. The summed E-state index contributed by atoms with van der Waals surface area (Å²) < 4.78 is 6.59. The minimum absolute atomic E-state index is 0.0506. The Morgan fingerprint density at radius 1 is 1.25 bits per heavy atom. The van der Waals surface area contributed by atoms with E-state index in [0.717, 1.165) is 49.3 Å². The minimum Gasteiger partial charge on any atom is -0.386 e. The van der Waals surface area contributed by atoms with Crippen molar-refractivity contribution in [3.63, 3.8) is 0 Å². The number of morpholine rings is 1. The maximum absolute atomic E-state index is 13.2. The van der Waals surface area contributed by atoms with E-state index in [9.17, 15) is 9.90 Å². The van der Waals surface area contributed by atoms with Gasteiger partial charge in [0, 0.05) is 37.9 Å². The molecule has 172 valence electrons. The first kappa shape index (κ1) is 22.7. The van der Waals surface area contributed by atoms with E-state index in [-0.39, 0.29) is 17.6 Å². The monoisotopic (exact) mass is 437 g/mol. The summed E-state index contributed by atoms with van der Waals surface area (Å²) in [7, 11) is 0. The van der Waals surface area contributed by atoms with E-state index in [1.54, 1.807) is 13.8 Å². The number of nitrogens with zero attached hydrogens (tertiary/aromatic N) is 3. The van der Waals surface area contributed by atoms with Gasteiger partial charge in [0.05, 0.1) is 17.3 Å². The third kappa shape index (κ3) is 4.66.